The summed E-state index contributed by atoms with van der Waals surface area (Å²) in [6, 6.07) is 14.0. The molecule has 0 fully saturated rings. The van der Waals surface area contributed by atoms with Gasteiger partial charge >= 0.3 is 0 Å². The summed E-state index contributed by atoms with van der Waals surface area (Å²) in [5.41, 5.74) is 6.99. The molecule has 0 aromatic heterocycles. The number of hydrogen-bond acceptors (Lipinski definition) is 2. The number of primary amides is 1. The zero-order valence-corrected chi connectivity index (χ0v) is 12.3. The van der Waals surface area contributed by atoms with Crippen LogP contribution in [-0.4, -0.2) is 5.91 Å². The standard InChI is InChI=1S/C14H12BrClN2O/c15-10-4-6-12(7-5-10)18-13(14(17)19)9-2-1-3-11(16)8-9/h1-8,13,18H,(H2,17,19). The molecule has 19 heavy (non-hydrogen) atoms. The smallest absolute Gasteiger partial charge is 0.244 e. The van der Waals surface area contributed by atoms with Gasteiger partial charge in [0.05, 0.1) is 0 Å². The van der Waals surface area contributed by atoms with E-state index in [1.807, 2.05) is 30.3 Å². The van der Waals surface area contributed by atoms with Crippen LogP contribution < -0.4 is 11.1 Å². The molecule has 0 heterocycles. The number of hydrogen-bond donors (Lipinski definition) is 2. The molecule has 3 nitrogen and oxygen atoms in total. The maximum atomic E-state index is 11.6. The maximum Gasteiger partial charge on any atom is 0.244 e. The van der Waals surface area contributed by atoms with Crippen LogP contribution in [-0.2, 0) is 4.79 Å². The predicted octanol–water partition coefficient (Wildman–Crippen LogP) is 3.74. The SMILES string of the molecule is NC(=O)C(Nc1ccc(Br)cc1)c1cccc(Cl)c1. The summed E-state index contributed by atoms with van der Waals surface area (Å²) < 4.78 is 0.969. The zero-order chi connectivity index (χ0) is 13.8. The van der Waals surface area contributed by atoms with Crippen molar-refractivity contribution in [1.29, 1.82) is 0 Å². The summed E-state index contributed by atoms with van der Waals surface area (Å²) in [5.74, 6) is -0.454. The van der Waals surface area contributed by atoms with Gasteiger partial charge in [-0.25, -0.2) is 0 Å². The van der Waals surface area contributed by atoms with E-state index in [0.29, 0.717) is 5.02 Å². The second kappa shape index (κ2) is 6.08. The van der Waals surface area contributed by atoms with E-state index in [4.69, 9.17) is 17.3 Å². The van der Waals surface area contributed by atoms with Gasteiger partial charge in [-0.1, -0.05) is 39.7 Å². The molecule has 98 valence electrons. The summed E-state index contributed by atoms with van der Waals surface area (Å²) in [7, 11) is 0. The highest BCUT2D eigenvalue weighted by atomic mass is 79.9. The summed E-state index contributed by atoms with van der Waals surface area (Å²) >= 11 is 9.29. The highest BCUT2D eigenvalue weighted by Gasteiger charge is 2.17. The molecular formula is C14H12BrClN2O. The lowest BCUT2D eigenvalue weighted by atomic mass is 10.1. The van der Waals surface area contributed by atoms with Crippen LogP contribution in [0, 0.1) is 0 Å². The molecular weight excluding hydrogens is 328 g/mol. The first kappa shape index (κ1) is 13.9. The molecule has 0 saturated carbocycles. The molecule has 2 aromatic carbocycles. The Balaban J connectivity index is 2.26. The number of carbonyl (C=O) groups excluding carboxylic acids is 1. The van der Waals surface area contributed by atoms with Crippen LogP contribution in [0.4, 0.5) is 5.69 Å². The minimum absolute atomic E-state index is 0.454. The lowest BCUT2D eigenvalue weighted by molar-refractivity contribution is -0.118. The number of benzene rings is 2. The van der Waals surface area contributed by atoms with E-state index in [2.05, 4.69) is 21.2 Å². The first-order valence-electron chi connectivity index (χ1n) is 5.63. The van der Waals surface area contributed by atoms with E-state index in [0.717, 1.165) is 15.7 Å². The van der Waals surface area contributed by atoms with Gasteiger partial charge in [0.15, 0.2) is 0 Å². The molecule has 2 rings (SSSR count). The third-order valence-corrected chi connectivity index (χ3v) is 3.39. The molecule has 1 atom stereocenters. The van der Waals surface area contributed by atoms with Gasteiger partial charge in [-0.3, -0.25) is 4.79 Å². The van der Waals surface area contributed by atoms with Crippen molar-refractivity contribution in [3.05, 3.63) is 63.6 Å². The van der Waals surface area contributed by atoms with Crippen LogP contribution in [0.1, 0.15) is 11.6 Å². The van der Waals surface area contributed by atoms with Crippen molar-refractivity contribution >= 4 is 39.1 Å². The van der Waals surface area contributed by atoms with Gasteiger partial charge in [-0.2, -0.15) is 0 Å². The minimum atomic E-state index is -0.611. The fourth-order valence-electron chi connectivity index (χ4n) is 1.72. The molecule has 0 aliphatic heterocycles. The number of nitrogens with two attached hydrogens (primary N) is 1. The van der Waals surface area contributed by atoms with Crippen LogP contribution >= 0.6 is 27.5 Å². The number of rotatable bonds is 4. The van der Waals surface area contributed by atoms with Crippen LogP contribution in [0.25, 0.3) is 0 Å². The predicted molar refractivity (Wildman–Crippen MR) is 81.2 cm³/mol. The summed E-state index contributed by atoms with van der Waals surface area (Å²) in [5, 5.41) is 3.67. The second-order valence-electron chi connectivity index (χ2n) is 4.04. The summed E-state index contributed by atoms with van der Waals surface area (Å²) in [6.45, 7) is 0. The number of halogens is 2. The molecule has 0 aliphatic carbocycles. The van der Waals surface area contributed by atoms with E-state index in [1.54, 1.807) is 18.2 Å². The van der Waals surface area contributed by atoms with Gasteiger partial charge in [0.2, 0.25) is 5.91 Å². The Kier molecular flexibility index (Phi) is 4.45. The first-order valence-corrected chi connectivity index (χ1v) is 6.80. The molecule has 3 N–H and O–H groups in total. The fraction of sp³-hybridized carbons (Fsp3) is 0.0714. The Morgan fingerprint density at radius 3 is 2.47 bits per heavy atom. The first-order chi connectivity index (χ1) is 9.06. The van der Waals surface area contributed by atoms with Crippen LogP contribution in [0.5, 0.6) is 0 Å². The van der Waals surface area contributed by atoms with E-state index < -0.39 is 11.9 Å². The number of carbonyl (C=O) groups is 1. The van der Waals surface area contributed by atoms with Gasteiger partial charge in [-0.05, 0) is 42.0 Å². The molecule has 0 aliphatic rings. The van der Waals surface area contributed by atoms with Crippen molar-refractivity contribution in [3.8, 4) is 0 Å². The largest absolute Gasteiger partial charge is 0.370 e. The number of amides is 1. The Morgan fingerprint density at radius 1 is 1.21 bits per heavy atom. The second-order valence-corrected chi connectivity index (χ2v) is 5.39. The van der Waals surface area contributed by atoms with Gasteiger partial charge < -0.3 is 11.1 Å². The average Bonchev–Trinajstić information content (AvgIpc) is 2.37. The number of nitrogens with one attached hydrogen (secondary N) is 1. The van der Waals surface area contributed by atoms with Crippen molar-refractivity contribution in [2.24, 2.45) is 5.73 Å². The van der Waals surface area contributed by atoms with Crippen LogP contribution in [0.3, 0.4) is 0 Å². The lowest BCUT2D eigenvalue weighted by Crippen LogP contribution is -2.27. The maximum absolute atomic E-state index is 11.6. The topological polar surface area (TPSA) is 55.1 Å². The van der Waals surface area contributed by atoms with E-state index >= 15 is 0 Å². The molecule has 2 aromatic rings. The monoisotopic (exact) mass is 338 g/mol. The van der Waals surface area contributed by atoms with Crippen molar-refractivity contribution in [1.82, 2.24) is 0 Å². The van der Waals surface area contributed by atoms with Crippen LogP contribution in [0.2, 0.25) is 5.02 Å². The molecule has 1 unspecified atom stereocenters. The average molecular weight is 340 g/mol. The highest BCUT2D eigenvalue weighted by molar-refractivity contribution is 9.10. The summed E-state index contributed by atoms with van der Waals surface area (Å²) in [6.07, 6.45) is 0. The fourth-order valence-corrected chi connectivity index (χ4v) is 2.18. The highest BCUT2D eigenvalue weighted by Crippen LogP contribution is 2.23. The lowest BCUT2D eigenvalue weighted by Gasteiger charge is -2.17. The Morgan fingerprint density at radius 2 is 1.89 bits per heavy atom. The van der Waals surface area contributed by atoms with Crippen molar-refractivity contribution in [3.63, 3.8) is 0 Å². The molecule has 0 radical (unpaired) electrons. The van der Waals surface area contributed by atoms with E-state index in [9.17, 15) is 4.79 Å². The van der Waals surface area contributed by atoms with Gasteiger partial charge in [0.1, 0.15) is 6.04 Å². The van der Waals surface area contributed by atoms with E-state index in [-0.39, 0.29) is 0 Å². The zero-order valence-electron chi connectivity index (χ0n) is 9.94. The summed E-state index contributed by atoms with van der Waals surface area (Å²) in [4.78, 5) is 11.6. The minimum Gasteiger partial charge on any atom is -0.370 e. The molecule has 0 saturated heterocycles. The quantitative estimate of drug-likeness (QED) is 0.891. The van der Waals surface area contributed by atoms with Crippen molar-refractivity contribution < 1.29 is 4.79 Å². The van der Waals surface area contributed by atoms with Crippen molar-refractivity contribution in [2.45, 2.75) is 6.04 Å². The third-order valence-electron chi connectivity index (χ3n) is 2.62. The Hall–Kier alpha value is -1.52. The molecule has 5 heteroatoms. The Labute approximate surface area is 124 Å². The third kappa shape index (κ3) is 3.72. The van der Waals surface area contributed by atoms with Crippen LogP contribution in [0.15, 0.2) is 53.0 Å². The number of anilines is 1. The van der Waals surface area contributed by atoms with Crippen molar-refractivity contribution in [2.75, 3.05) is 5.32 Å². The van der Waals surface area contributed by atoms with Gasteiger partial charge in [0, 0.05) is 15.2 Å². The van der Waals surface area contributed by atoms with Gasteiger partial charge in [-0.15, -0.1) is 0 Å². The molecule has 0 spiro atoms. The van der Waals surface area contributed by atoms with Gasteiger partial charge in [0.25, 0.3) is 0 Å². The van der Waals surface area contributed by atoms with E-state index in [1.165, 1.54) is 0 Å². The Bertz CT molecular complexity index is 586. The molecule has 1 amide bonds. The normalized spacial score (nSPS) is 11.9. The molecule has 0 bridgehead atoms.